The summed E-state index contributed by atoms with van der Waals surface area (Å²) in [6.45, 7) is 7.06. The van der Waals surface area contributed by atoms with Gasteiger partial charge in [-0.1, -0.05) is 31.2 Å². The monoisotopic (exact) mass is 303 g/mol. The first-order valence-corrected chi connectivity index (χ1v) is 8.22. The molecule has 0 bridgehead atoms. The fourth-order valence-electron chi connectivity index (χ4n) is 2.60. The molecule has 0 aliphatic carbocycles. The lowest BCUT2D eigenvalue weighted by molar-refractivity contribution is 0.295. The molecule has 1 fully saturated rings. The van der Waals surface area contributed by atoms with Crippen LogP contribution in [-0.4, -0.2) is 21.8 Å². The normalized spacial score (nSPS) is 16.2. The first-order valence-electron chi connectivity index (χ1n) is 7.49. The number of piperidine rings is 1. The molecule has 1 aliphatic rings. The SMILES string of the molecule is Cc1ccccc1COc1nsnc1N1CCC(C)CC1. The third-order valence-corrected chi connectivity index (χ3v) is 4.65. The van der Waals surface area contributed by atoms with Crippen molar-refractivity contribution in [3.8, 4) is 5.88 Å². The summed E-state index contributed by atoms with van der Waals surface area (Å²) in [6.07, 6.45) is 2.43. The zero-order chi connectivity index (χ0) is 14.7. The van der Waals surface area contributed by atoms with Crippen LogP contribution in [0.3, 0.4) is 0 Å². The maximum Gasteiger partial charge on any atom is 0.271 e. The Morgan fingerprint density at radius 2 is 2.00 bits per heavy atom. The maximum atomic E-state index is 5.92. The molecule has 0 saturated carbocycles. The highest BCUT2D eigenvalue weighted by Gasteiger charge is 2.22. The number of hydrogen-bond donors (Lipinski definition) is 0. The Bertz CT molecular complexity index is 591. The Kier molecular flexibility index (Phi) is 4.39. The van der Waals surface area contributed by atoms with Crippen molar-refractivity contribution in [1.29, 1.82) is 0 Å². The van der Waals surface area contributed by atoms with Gasteiger partial charge in [0, 0.05) is 13.1 Å². The molecule has 1 saturated heterocycles. The van der Waals surface area contributed by atoms with E-state index in [4.69, 9.17) is 4.74 Å². The predicted molar refractivity (Wildman–Crippen MR) is 86.0 cm³/mol. The second-order valence-corrected chi connectivity index (χ2v) is 6.31. The van der Waals surface area contributed by atoms with Gasteiger partial charge in [-0.2, -0.15) is 4.37 Å². The highest BCUT2D eigenvalue weighted by molar-refractivity contribution is 6.99. The summed E-state index contributed by atoms with van der Waals surface area (Å²) in [4.78, 5) is 2.30. The molecule has 0 spiro atoms. The van der Waals surface area contributed by atoms with Crippen LogP contribution in [0.1, 0.15) is 30.9 Å². The predicted octanol–water partition coefficient (Wildman–Crippen LogP) is 3.66. The van der Waals surface area contributed by atoms with E-state index in [0.717, 1.165) is 24.8 Å². The minimum Gasteiger partial charge on any atom is -0.470 e. The number of nitrogens with zero attached hydrogens (tertiary/aromatic N) is 3. The Hall–Kier alpha value is -1.62. The van der Waals surface area contributed by atoms with Gasteiger partial charge < -0.3 is 9.64 Å². The van der Waals surface area contributed by atoms with Crippen LogP contribution in [0.5, 0.6) is 5.88 Å². The first-order chi connectivity index (χ1) is 10.2. The third-order valence-electron chi connectivity index (χ3n) is 4.15. The Morgan fingerprint density at radius 1 is 1.24 bits per heavy atom. The average molecular weight is 303 g/mol. The van der Waals surface area contributed by atoms with E-state index >= 15 is 0 Å². The summed E-state index contributed by atoms with van der Waals surface area (Å²) >= 11 is 1.23. The number of benzene rings is 1. The second-order valence-electron chi connectivity index (χ2n) is 5.78. The van der Waals surface area contributed by atoms with Crippen molar-refractivity contribution >= 4 is 17.5 Å². The van der Waals surface area contributed by atoms with E-state index in [-0.39, 0.29) is 0 Å². The number of anilines is 1. The lowest BCUT2D eigenvalue weighted by Crippen LogP contribution is -2.33. The van der Waals surface area contributed by atoms with Gasteiger partial charge >= 0.3 is 0 Å². The lowest BCUT2D eigenvalue weighted by Gasteiger charge is -2.30. The fourth-order valence-corrected chi connectivity index (χ4v) is 3.12. The van der Waals surface area contributed by atoms with E-state index in [1.807, 2.05) is 12.1 Å². The molecule has 0 amide bonds. The van der Waals surface area contributed by atoms with Crippen LogP contribution < -0.4 is 9.64 Å². The summed E-state index contributed by atoms with van der Waals surface area (Å²) in [5.74, 6) is 2.41. The number of aromatic nitrogens is 2. The topological polar surface area (TPSA) is 38.3 Å². The molecular weight excluding hydrogens is 282 g/mol. The Morgan fingerprint density at radius 3 is 2.76 bits per heavy atom. The quantitative estimate of drug-likeness (QED) is 0.864. The summed E-state index contributed by atoms with van der Waals surface area (Å²) in [6, 6.07) is 8.28. The van der Waals surface area contributed by atoms with Crippen molar-refractivity contribution in [3.05, 3.63) is 35.4 Å². The number of ether oxygens (including phenoxy) is 1. The van der Waals surface area contributed by atoms with Crippen LogP contribution in [0, 0.1) is 12.8 Å². The molecule has 3 rings (SSSR count). The zero-order valence-corrected chi connectivity index (χ0v) is 13.4. The van der Waals surface area contributed by atoms with E-state index in [9.17, 15) is 0 Å². The van der Waals surface area contributed by atoms with Crippen LogP contribution in [0.15, 0.2) is 24.3 Å². The summed E-state index contributed by atoms with van der Waals surface area (Å²) in [5, 5.41) is 0. The molecule has 0 unspecified atom stereocenters. The number of aryl methyl sites for hydroxylation is 1. The van der Waals surface area contributed by atoms with Gasteiger partial charge in [-0.05, 0) is 36.8 Å². The van der Waals surface area contributed by atoms with Gasteiger partial charge in [-0.3, -0.25) is 0 Å². The molecule has 4 nitrogen and oxygen atoms in total. The molecule has 2 aromatic rings. The molecule has 112 valence electrons. The van der Waals surface area contributed by atoms with Crippen molar-refractivity contribution < 1.29 is 4.74 Å². The average Bonchev–Trinajstić information content (AvgIpc) is 2.96. The molecule has 1 aliphatic heterocycles. The highest BCUT2D eigenvalue weighted by Crippen LogP contribution is 2.30. The lowest BCUT2D eigenvalue weighted by atomic mass is 9.99. The van der Waals surface area contributed by atoms with Crippen LogP contribution in [0.25, 0.3) is 0 Å². The van der Waals surface area contributed by atoms with Crippen molar-refractivity contribution in [2.75, 3.05) is 18.0 Å². The molecular formula is C16H21N3OS. The summed E-state index contributed by atoms with van der Waals surface area (Å²) in [7, 11) is 0. The number of rotatable bonds is 4. The van der Waals surface area contributed by atoms with E-state index in [2.05, 4.69) is 39.6 Å². The van der Waals surface area contributed by atoms with Crippen molar-refractivity contribution in [1.82, 2.24) is 8.75 Å². The molecule has 5 heteroatoms. The second kappa shape index (κ2) is 6.43. The van der Waals surface area contributed by atoms with Gasteiger partial charge in [-0.25, -0.2) is 0 Å². The Balaban J connectivity index is 1.67. The highest BCUT2D eigenvalue weighted by atomic mass is 32.1. The van der Waals surface area contributed by atoms with E-state index in [0.29, 0.717) is 12.5 Å². The minimum atomic E-state index is 0.551. The van der Waals surface area contributed by atoms with Crippen molar-refractivity contribution in [3.63, 3.8) is 0 Å². The van der Waals surface area contributed by atoms with E-state index in [1.165, 1.54) is 35.7 Å². The number of hydrogen-bond acceptors (Lipinski definition) is 5. The zero-order valence-electron chi connectivity index (χ0n) is 12.6. The third kappa shape index (κ3) is 3.35. The summed E-state index contributed by atoms with van der Waals surface area (Å²) < 4.78 is 14.7. The first kappa shape index (κ1) is 14.3. The standard InChI is InChI=1S/C16H21N3OS/c1-12-7-9-19(10-8-12)15-16(18-21-17-15)20-11-14-6-4-3-5-13(14)2/h3-6,12H,7-11H2,1-2H3. The van der Waals surface area contributed by atoms with Gasteiger partial charge in [0.2, 0.25) is 5.82 Å². The molecule has 0 atom stereocenters. The fraction of sp³-hybridized carbons (Fsp3) is 0.500. The molecule has 1 aromatic carbocycles. The molecule has 21 heavy (non-hydrogen) atoms. The van der Waals surface area contributed by atoms with Crippen LogP contribution in [-0.2, 0) is 6.61 Å². The van der Waals surface area contributed by atoms with Crippen LogP contribution >= 0.6 is 11.7 Å². The minimum absolute atomic E-state index is 0.551. The smallest absolute Gasteiger partial charge is 0.271 e. The molecule has 0 N–H and O–H groups in total. The van der Waals surface area contributed by atoms with Gasteiger partial charge in [0.25, 0.3) is 5.88 Å². The van der Waals surface area contributed by atoms with E-state index in [1.54, 1.807) is 0 Å². The summed E-state index contributed by atoms with van der Waals surface area (Å²) in [5.41, 5.74) is 2.44. The van der Waals surface area contributed by atoms with Gasteiger partial charge in [-0.15, -0.1) is 4.37 Å². The van der Waals surface area contributed by atoms with E-state index < -0.39 is 0 Å². The van der Waals surface area contributed by atoms with Gasteiger partial charge in [0.1, 0.15) is 6.61 Å². The van der Waals surface area contributed by atoms with Crippen molar-refractivity contribution in [2.45, 2.75) is 33.3 Å². The van der Waals surface area contributed by atoms with Crippen molar-refractivity contribution in [2.24, 2.45) is 5.92 Å². The van der Waals surface area contributed by atoms with Crippen LogP contribution in [0.4, 0.5) is 5.82 Å². The molecule has 2 heterocycles. The van der Waals surface area contributed by atoms with Gasteiger partial charge in [0.15, 0.2) is 0 Å². The maximum absolute atomic E-state index is 5.92. The molecule has 1 aromatic heterocycles. The van der Waals surface area contributed by atoms with Crippen LogP contribution in [0.2, 0.25) is 0 Å². The Labute approximate surface area is 130 Å². The largest absolute Gasteiger partial charge is 0.470 e. The van der Waals surface area contributed by atoms with Gasteiger partial charge in [0.05, 0.1) is 11.7 Å². The molecule has 0 radical (unpaired) electrons.